The minimum Gasteiger partial charge on any atom is -0.508 e. The molecule has 0 bridgehead atoms. The first-order valence-corrected chi connectivity index (χ1v) is 8.36. The smallest absolute Gasteiger partial charge is 0.117 e. The molecule has 1 fully saturated rings. The van der Waals surface area contributed by atoms with Gasteiger partial charge in [0.05, 0.1) is 37.1 Å². The zero-order valence-electron chi connectivity index (χ0n) is 12.8. The number of nitrogens with zero attached hydrogens (tertiary/aromatic N) is 2. The molecule has 5 nitrogen and oxygen atoms in total. The standard InChI is InChI=1S/C17H19ClN2O3/c18-15-7-13(21)6-11-2-1-3-12-8-20(19-17(12)16(11)15)9-14-10-22-4-5-23-14/h6-8,14,21H,1-5,9-10H2/t14-/m0/s1. The van der Waals surface area contributed by atoms with Gasteiger partial charge in [0, 0.05) is 11.8 Å². The van der Waals surface area contributed by atoms with E-state index in [0.717, 1.165) is 36.1 Å². The van der Waals surface area contributed by atoms with E-state index in [2.05, 4.69) is 6.20 Å². The highest BCUT2D eigenvalue weighted by atomic mass is 35.5. The van der Waals surface area contributed by atoms with Crippen molar-refractivity contribution in [3.05, 3.63) is 34.5 Å². The Labute approximate surface area is 139 Å². The molecule has 1 aromatic carbocycles. The van der Waals surface area contributed by atoms with Crippen molar-refractivity contribution in [2.75, 3.05) is 19.8 Å². The first-order chi connectivity index (χ1) is 11.2. The Balaban J connectivity index is 1.69. The molecular weight excluding hydrogens is 316 g/mol. The quantitative estimate of drug-likeness (QED) is 0.917. The normalized spacial score (nSPS) is 20.7. The highest BCUT2D eigenvalue weighted by molar-refractivity contribution is 6.33. The average molecular weight is 335 g/mol. The molecule has 1 aliphatic heterocycles. The molecule has 2 aromatic rings. The first-order valence-electron chi connectivity index (χ1n) is 7.98. The molecule has 4 rings (SSSR count). The van der Waals surface area contributed by atoms with E-state index in [0.29, 0.717) is 31.4 Å². The minimum absolute atomic E-state index is 0.0436. The SMILES string of the molecule is Oc1cc(Cl)c2c(c1)CCCc1cn(C[C@H]3COCCO3)nc1-2. The van der Waals surface area contributed by atoms with Crippen LogP contribution < -0.4 is 0 Å². The van der Waals surface area contributed by atoms with Crippen molar-refractivity contribution in [2.45, 2.75) is 31.9 Å². The number of aromatic hydroxyl groups is 1. The fourth-order valence-corrected chi connectivity index (χ4v) is 3.70. The predicted molar refractivity (Wildman–Crippen MR) is 86.9 cm³/mol. The Morgan fingerprint density at radius 3 is 2.96 bits per heavy atom. The Morgan fingerprint density at radius 1 is 1.26 bits per heavy atom. The van der Waals surface area contributed by atoms with Gasteiger partial charge in [0.15, 0.2) is 0 Å². The lowest BCUT2D eigenvalue weighted by Crippen LogP contribution is -2.32. The number of phenolic OH excluding ortho intramolecular Hbond substituents is 1. The summed E-state index contributed by atoms with van der Waals surface area (Å²) in [5, 5.41) is 15.1. The van der Waals surface area contributed by atoms with Crippen molar-refractivity contribution in [1.82, 2.24) is 9.78 Å². The van der Waals surface area contributed by atoms with Crippen molar-refractivity contribution in [1.29, 1.82) is 0 Å². The first kappa shape index (κ1) is 15.0. The number of fused-ring (bicyclic) bond motifs is 3. The van der Waals surface area contributed by atoms with E-state index < -0.39 is 0 Å². The second-order valence-electron chi connectivity index (χ2n) is 6.11. The lowest BCUT2D eigenvalue weighted by Gasteiger charge is -2.22. The van der Waals surface area contributed by atoms with Crippen molar-refractivity contribution >= 4 is 11.6 Å². The second kappa shape index (κ2) is 6.15. The van der Waals surface area contributed by atoms with Crippen LogP contribution in [0.2, 0.25) is 5.02 Å². The molecule has 0 saturated carbocycles. The Bertz CT molecular complexity index is 723. The van der Waals surface area contributed by atoms with Crippen LogP contribution in [0.4, 0.5) is 0 Å². The molecular formula is C17H19ClN2O3. The second-order valence-corrected chi connectivity index (χ2v) is 6.52. The van der Waals surface area contributed by atoms with Gasteiger partial charge in [-0.1, -0.05) is 11.6 Å². The molecule has 0 spiro atoms. The van der Waals surface area contributed by atoms with Crippen LogP contribution in [0.3, 0.4) is 0 Å². The third-order valence-electron chi connectivity index (χ3n) is 4.40. The van der Waals surface area contributed by atoms with Crippen LogP contribution in [0.1, 0.15) is 17.5 Å². The number of benzene rings is 1. The largest absolute Gasteiger partial charge is 0.508 e. The van der Waals surface area contributed by atoms with Gasteiger partial charge in [-0.2, -0.15) is 5.10 Å². The summed E-state index contributed by atoms with van der Waals surface area (Å²) >= 11 is 6.39. The van der Waals surface area contributed by atoms with Crippen LogP contribution in [0, 0.1) is 0 Å². The van der Waals surface area contributed by atoms with Crippen molar-refractivity contribution in [3.63, 3.8) is 0 Å². The molecule has 1 atom stereocenters. The number of hydrogen-bond donors (Lipinski definition) is 1. The highest BCUT2D eigenvalue weighted by Gasteiger charge is 2.23. The molecule has 1 aromatic heterocycles. The van der Waals surface area contributed by atoms with Crippen molar-refractivity contribution in [3.8, 4) is 17.0 Å². The number of phenols is 1. The summed E-state index contributed by atoms with van der Waals surface area (Å²) in [6, 6.07) is 3.39. The molecule has 1 aliphatic carbocycles. The number of halogens is 1. The molecule has 0 amide bonds. The van der Waals surface area contributed by atoms with Gasteiger partial charge in [-0.3, -0.25) is 4.68 Å². The zero-order chi connectivity index (χ0) is 15.8. The van der Waals surface area contributed by atoms with Gasteiger partial charge in [-0.25, -0.2) is 0 Å². The van der Waals surface area contributed by atoms with Gasteiger partial charge in [-0.15, -0.1) is 0 Å². The summed E-state index contributed by atoms with van der Waals surface area (Å²) in [5.41, 5.74) is 4.15. The lowest BCUT2D eigenvalue weighted by molar-refractivity contribution is -0.0946. The van der Waals surface area contributed by atoms with E-state index >= 15 is 0 Å². The average Bonchev–Trinajstić information content (AvgIpc) is 2.82. The van der Waals surface area contributed by atoms with Gasteiger partial charge in [0.25, 0.3) is 0 Å². The fraction of sp³-hybridized carbons (Fsp3) is 0.471. The van der Waals surface area contributed by atoms with Crippen LogP contribution >= 0.6 is 11.6 Å². The summed E-state index contributed by atoms with van der Waals surface area (Å²) < 4.78 is 13.1. The molecule has 0 radical (unpaired) electrons. The van der Waals surface area contributed by atoms with Crippen LogP contribution in [0.15, 0.2) is 18.3 Å². The molecule has 1 saturated heterocycles. The highest BCUT2D eigenvalue weighted by Crippen LogP contribution is 2.38. The maximum absolute atomic E-state index is 9.79. The van der Waals surface area contributed by atoms with E-state index in [1.165, 1.54) is 5.56 Å². The molecule has 122 valence electrons. The summed E-state index contributed by atoms with van der Waals surface area (Å²) in [4.78, 5) is 0. The summed E-state index contributed by atoms with van der Waals surface area (Å²) in [6.07, 6.45) is 5.02. The number of ether oxygens (including phenoxy) is 2. The van der Waals surface area contributed by atoms with Crippen LogP contribution in [-0.2, 0) is 28.9 Å². The van der Waals surface area contributed by atoms with Crippen LogP contribution in [0.25, 0.3) is 11.3 Å². The molecule has 2 aliphatic rings. The number of aryl methyl sites for hydroxylation is 2. The van der Waals surface area contributed by atoms with Gasteiger partial charge in [0.1, 0.15) is 11.9 Å². The Hall–Kier alpha value is -1.56. The maximum atomic E-state index is 9.79. The fourth-order valence-electron chi connectivity index (χ4n) is 3.38. The van der Waals surface area contributed by atoms with E-state index in [4.69, 9.17) is 26.2 Å². The van der Waals surface area contributed by atoms with Crippen molar-refractivity contribution < 1.29 is 14.6 Å². The van der Waals surface area contributed by atoms with E-state index in [-0.39, 0.29) is 11.9 Å². The zero-order valence-corrected chi connectivity index (χ0v) is 13.6. The third-order valence-corrected chi connectivity index (χ3v) is 4.70. The van der Waals surface area contributed by atoms with Crippen LogP contribution in [-0.4, -0.2) is 40.8 Å². The summed E-state index contributed by atoms with van der Waals surface area (Å²) in [6.45, 7) is 2.59. The Kier molecular flexibility index (Phi) is 4.01. The number of aromatic nitrogens is 2. The van der Waals surface area contributed by atoms with Gasteiger partial charge in [0.2, 0.25) is 0 Å². The van der Waals surface area contributed by atoms with Crippen molar-refractivity contribution in [2.24, 2.45) is 0 Å². The van der Waals surface area contributed by atoms with Gasteiger partial charge >= 0.3 is 0 Å². The topological polar surface area (TPSA) is 56.5 Å². The van der Waals surface area contributed by atoms with E-state index in [9.17, 15) is 5.11 Å². The molecule has 2 heterocycles. The summed E-state index contributed by atoms with van der Waals surface area (Å²) in [7, 11) is 0. The monoisotopic (exact) mass is 334 g/mol. The lowest BCUT2D eigenvalue weighted by atomic mass is 10.0. The van der Waals surface area contributed by atoms with Gasteiger partial charge in [-0.05, 0) is 42.5 Å². The number of rotatable bonds is 2. The molecule has 6 heteroatoms. The molecule has 1 N–H and O–H groups in total. The number of hydrogen-bond acceptors (Lipinski definition) is 4. The maximum Gasteiger partial charge on any atom is 0.117 e. The molecule has 0 unspecified atom stereocenters. The third kappa shape index (κ3) is 2.96. The predicted octanol–water partition coefficient (Wildman–Crippen LogP) is 2.81. The van der Waals surface area contributed by atoms with Gasteiger partial charge < -0.3 is 14.6 Å². The Morgan fingerprint density at radius 2 is 2.13 bits per heavy atom. The van der Waals surface area contributed by atoms with E-state index in [1.54, 1.807) is 12.1 Å². The molecule has 23 heavy (non-hydrogen) atoms. The van der Waals surface area contributed by atoms with E-state index in [1.807, 2.05) is 4.68 Å². The van der Waals surface area contributed by atoms with Crippen LogP contribution in [0.5, 0.6) is 5.75 Å². The minimum atomic E-state index is 0.0436. The summed E-state index contributed by atoms with van der Waals surface area (Å²) in [5.74, 6) is 0.212.